The minimum Gasteiger partial charge on any atom is -0.439 e. The molecule has 9 heteroatoms. The number of nitrogens with zero attached hydrogens (tertiary/aromatic N) is 3. The van der Waals surface area contributed by atoms with Gasteiger partial charge >= 0.3 is 0 Å². The fourth-order valence-electron chi connectivity index (χ4n) is 3.47. The average molecular weight is 428 g/mol. The van der Waals surface area contributed by atoms with Crippen molar-refractivity contribution in [1.29, 1.82) is 0 Å². The molecule has 7 nitrogen and oxygen atoms in total. The standard InChI is InChI=1S/C22H22F2N4O3/c1-30-13-16-12-28(9-8-25-16)22(29)19-5-2-14-10-17(4-6-18(14)27-19)31-20-7-3-15(11-26-20)21(23)24/h2-7,10-11,16,21,25H,8-9,12-13H2,1H3/t16-/m0/s1. The second-order valence-electron chi connectivity index (χ2n) is 7.24. The van der Waals surface area contributed by atoms with Crippen molar-refractivity contribution in [2.75, 3.05) is 33.4 Å². The van der Waals surface area contributed by atoms with Gasteiger partial charge in [-0.2, -0.15) is 0 Å². The highest BCUT2D eigenvalue weighted by Crippen LogP contribution is 2.26. The lowest BCUT2D eigenvalue weighted by Crippen LogP contribution is -2.54. The van der Waals surface area contributed by atoms with Crippen LogP contribution in [0.2, 0.25) is 0 Å². The molecule has 0 aliphatic carbocycles. The highest BCUT2D eigenvalue weighted by molar-refractivity contribution is 5.95. The highest BCUT2D eigenvalue weighted by Gasteiger charge is 2.24. The first-order valence-electron chi connectivity index (χ1n) is 9.88. The molecule has 31 heavy (non-hydrogen) atoms. The molecule has 1 atom stereocenters. The smallest absolute Gasteiger partial charge is 0.272 e. The number of piperazine rings is 1. The fraction of sp³-hybridized carbons (Fsp3) is 0.318. The Labute approximate surface area is 178 Å². The molecule has 0 spiro atoms. The van der Waals surface area contributed by atoms with Crippen LogP contribution < -0.4 is 10.1 Å². The van der Waals surface area contributed by atoms with Gasteiger partial charge in [-0.3, -0.25) is 4.79 Å². The number of fused-ring (bicyclic) bond motifs is 1. The Bertz CT molecular complexity index is 1060. The van der Waals surface area contributed by atoms with E-state index in [0.29, 0.717) is 43.2 Å². The van der Waals surface area contributed by atoms with Crippen LogP contribution in [-0.4, -0.2) is 60.2 Å². The number of carbonyl (C=O) groups is 1. The van der Waals surface area contributed by atoms with Gasteiger partial charge < -0.3 is 19.7 Å². The van der Waals surface area contributed by atoms with Gasteiger partial charge in [-0.05, 0) is 30.3 Å². The third-order valence-corrected chi connectivity index (χ3v) is 5.02. The molecule has 3 heterocycles. The summed E-state index contributed by atoms with van der Waals surface area (Å²) in [5.74, 6) is 0.594. The monoisotopic (exact) mass is 428 g/mol. The number of hydrogen-bond donors (Lipinski definition) is 1. The number of ether oxygens (including phenoxy) is 2. The third-order valence-electron chi connectivity index (χ3n) is 5.02. The number of nitrogens with one attached hydrogen (secondary N) is 1. The van der Waals surface area contributed by atoms with Crippen molar-refractivity contribution >= 4 is 16.8 Å². The number of methoxy groups -OCH3 is 1. The molecule has 0 unspecified atom stereocenters. The van der Waals surface area contributed by atoms with E-state index in [0.717, 1.165) is 11.6 Å². The molecular weight excluding hydrogens is 406 g/mol. The normalized spacial score (nSPS) is 16.6. The number of amides is 1. The molecule has 162 valence electrons. The maximum absolute atomic E-state index is 12.9. The molecule has 1 aliphatic rings. The van der Waals surface area contributed by atoms with Crippen molar-refractivity contribution in [3.8, 4) is 11.6 Å². The Hall–Kier alpha value is -3.17. The number of carbonyl (C=O) groups excluding carboxylic acids is 1. The lowest BCUT2D eigenvalue weighted by atomic mass is 10.1. The number of benzene rings is 1. The van der Waals surface area contributed by atoms with Crippen LogP contribution >= 0.6 is 0 Å². The number of rotatable bonds is 6. The Morgan fingerprint density at radius 3 is 2.87 bits per heavy atom. The molecule has 1 saturated heterocycles. The fourth-order valence-corrected chi connectivity index (χ4v) is 3.47. The molecule has 3 aromatic rings. The number of aromatic nitrogens is 2. The predicted octanol–water partition coefficient (Wildman–Crippen LogP) is 3.42. The van der Waals surface area contributed by atoms with Gasteiger partial charge in [-0.15, -0.1) is 0 Å². The second kappa shape index (κ2) is 9.32. The van der Waals surface area contributed by atoms with Crippen molar-refractivity contribution in [1.82, 2.24) is 20.2 Å². The SMILES string of the molecule is COC[C@@H]1CN(C(=O)c2ccc3cc(Oc4ccc(C(F)F)cn4)ccc3n2)CCN1. The van der Waals surface area contributed by atoms with E-state index in [1.165, 1.54) is 12.1 Å². The molecular formula is C22H22F2N4O3. The van der Waals surface area contributed by atoms with E-state index in [9.17, 15) is 13.6 Å². The molecule has 1 N–H and O–H groups in total. The summed E-state index contributed by atoms with van der Waals surface area (Å²) in [7, 11) is 1.64. The molecule has 0 saturated carbocycles. The van der Waals surface area contributed by atoms with E-state index in [1.54, 1.807) is 36.3 Å². The largest absolute Gasteiger partial charge is 0.439 e. The highest BCUT2D eigenvalue weighted by atomic mass is 19.3. The first-order chi connectivity index (χ1) is 15.0. The van der Waals surface area contributed by atoms with E-state index in [1.807, 2.05) is 6.07 Å². The summed E-state index contributed by atoms with van der Waals surface area (Å²) in [5.41, 5.74) is 0.872. The van der Waals surface area contributed by atoms with Crippen LogP contribution in [0, 0.1) is 0 Å². The number of hydrogen-bond acceptors (Lipinski definition) is 6. The van der Waals surface area contributed by atoms with Gasteiger partial charge in [0.25, 0.3) is 12.3 Å². The van der Waals surface area contributed by atoms with Crippen molar-refractivity contribution < 1.29 is 23.0 Å². The summed E-state index contributed by atoms with van der Waals surface area (Å²) >= 11 is 0. The molecule has 1 amide bonds. The number of pyridine rings is 2. The molecule has 1 aliphatic heterocycles. The number of alkyl halides is 2. The van der Waals surface area contributed by atoms with Crippen LogP contribution in [0.5, 0.6) is 11.6 Å². The Morgan fingerprint density at radius 1 is 1.26 bits per heavy atom. The third kappa shape index (κ3) is 4.95. The molecule has 0 radical (unpaired) electrons. The van der Waals surface area contributed by atoms with Crippen molar-refractivity contribution in [2.24, 2.45) is 0 Å². The van der Waals surface area contributed by atoms with Gasteiger partial charge in [-0.25, -0.2) is 18.7 Å². The van der Waals surface area contributed by atoms with Crippen LogP contribution in [0.1, 0.15) is 22.5 Å². The summed E-state index contributed by atoms with van der Waals surface area (Å²) in [4.78, 5) is 23.1. The Kier molecular flexibility index (Phi) is 6.34. The minimum absolute atomic E-state index is 0.103. The zero-order chi connectivity index (χ0) is 21.8. The van der Waals surface area contributed by atoms with Gasteiger partial charge in [-0.1, -0.05) is 6.07 Å². The van der Waals surface area contributed by atoms with Gasteiger partial charge in [0.2, 0.25) is 5.88 Å². The summed E-state index contributed by atoms with van der Waals surface area (Å²) in [6.45, 7) is 2.43. The minimum atomic E-state index is -2.57. The summed E-state index contributed by atoms with van der Waals surface area (Å²) in [6, 6.07) is 11.5. The van der Waals surface area contributed by atoms with Crippen LogP contribution in [0.25, 0.3) is 10.9 Å². The lowest BCUT2D eigenvalue weighted by Gasteiger charge is -2.33. The van der Waals surface area contributed by atoms with Crippen LogP contribution in [0.3, 0.4) is 0 Å². The van der Waals surface area contributed by atoms with E-state index in [2.05, 4.69) is 15.3 Å². The van der Waals surface area contributed by atoms with E-state index >= 15 is 0 Å². The molecule has 2 aromatic heterocycles. The van der Waals surface area contributed by atoms with Gasteiger partial charge in [0.1, 0.15) is 11.4 Å². The zero-order valence-corrected chi connectivity index (χ0v) is 16.9. The van der Waals surface area contributed by atoms with Gasteiger partial charge in [0.15, 0.2) is 0 Å². The maximum Gasteiger partial charge on any atom is 0.272 e. The quantitative estimate of drug-likeness (QED) is 0.648. The van der Waals surface area contributed by atoms with E-state index < -0.39 is 6.43 Å². The van der Waals surface area contributed by atoms with Crippen molar-refractivity contribution in [3.05, 3.63) is 59.9 Å². The topological polar surface area (TPSA) is 76.6 Å². The van der Waals surface area contributed by atoms with Crippen LogP contribution in [0.4, 0.5) is 8.78 Å². The van der Waals surface area contributed by atoms with Gasteiger partial charge in [0, 0.05) is 56.0 Å². The lowest BCUT2D eigenvalue weighted by molar-refractivity contribution is 0.0637. The molecule has 1 fully saturated rings. The van der Waals surface area contributed by atoms with Crippen LogP contribution in [-0.2, 0) is 4.74 Å². The molecule has 1 aromatic carbocycles. The number of halogens is 2. The molecule has 0 bridgehead atoms. The van der Waals surface area contributed by atoms with Crippen molar-refractivity contribution in [2.45, 2.75) is 12.5 Å². The molecule has 4 rings (SSSR count). The predicted molar refractivity (Wildman–Crippen MR) is 111 cm³/mol. The van der Waals surface area contributed by atoms with Gasteiger partial charge in [0.05, 0.1) is 12.1 Å². The zero-order valence-electron chi connectivity index (χ0n) is 16.9. The summed E-state index contributed by atoms with van der Waals surface area (Å²) < 4.78 is 36.1. The summed E-state index contributed by atoms with van der Waals surface area (Å²) in [5, 5.41) is 4.11. The Balaban J connectivity index is 1.48. The first-order valence-corrected chi connectivity index (χ1v) is 9.88. The van der Waals surface area contributed by atoms with Crippen LogP contribution in [0.15, 0.2) is 48.7 Å². The first kappa shape index (κ1) is 21.1. The van der Waals surface area contributed by atoms with E-state index in [4.69, 9.17) is 9.47 Å². The summed E-state index contributed by atoms with van der Waals surface area (Å²) in [6.07, 6.45) is -1.48. The second-order valence-corrected chi connectivity index (χ2v) is 7.24. The average Bonchev–Trinajstić information content (AvgIpc) is 2.79. The van der Waals surface area contributed by atoms with Crippen molar-refractivity contribution in [3.63, 3.8) is 0 Å². The Morgan fingerprint density at radius 2 is 2.13 bits per heavy atom. The maximum atomic E-state index is 12.9. The van der Waals surface area contributed by atoms with E-state index in [-0.39, 0.29) is 23.4 Å².